The summed E-state index contributed by atoms with van der Waals surface area (Å²) in [6.45, 7) is -0.575. The van der Waals surface area contributed by atoms with E-state index < -0.39 is 53.7 Å². The molecule has 2 aromatic heterocycles. The molecule has 42 heavy (non-hydrogen) atoms. The number of nitrogens with zero attached hydrogens (tertiary/aromatic N) is 3. The lowest BCUT2D eigenvalue weighted by Crippen LogP contribution is -2.34. The Balaban J connectivity index is 1.50. The second-order valence-electron chi connectivity index (χ2n) is 10.00. The second-order valence-corrected chi connectivity index (χ2v) is 10.00. The van der Waals surface area contributed by atoms with Gasteiger partial charge in [0.05, 0.1) is 17.3 Å². The number of alkyl halides is 3. The minimum Gasteiger partial charge on any atom is -0.366 e. The van der Waals surface area contributed by atoms with Crippen molar-refractivity contribution in [3.8, 4) is 11.1 Å². The van der Waals surface area contributed by atoms with Crippen LogP contribution in [0.4, 0.5) is 26.3 Å². The molecule has 1 fully saturated rings. The Labute approximate surface area is 235 Å². The van der Waals surface area contributed by atoms with Crippen LogP contribution in [0.1, 0.15) is 57.7 Å². The first-order valence-electron chi connectivity index (χ1n) is 12.8. The van der Waals surface area contributed by atoms with Crippen LogP contribution in [0.3, 0.4) is 0 Å². The van der Waals surface area contributed by atoms with Crippen LogP contribution in [0.25, 0.3) is 11.1 Å². The standard InChI is InChI=1S/C29H23F6N5O2/c30-18-8-15(9-19(31)12-18)10-24(26-20(2-1-7-37-26)17-5-6-23(32)21(11-17)28(36)42)38-25(41)14-40-13-22(16-3-4-16)27(39-40)29(33,34)35/h1-2,5-9,11-13,16,24H,3-4,10,14H2,(H2,36,42)(H,38,41). The third-order valence-corrected chi connectivity index (χ3v) is 6.79. The van der Waals surface area contributed by atoms with E-state index in [1.807, 2.05) is 0 Å². The fourth-order valence-corrected chi connectivity index (χ4v) is 4.82. The Kier molecular flexibility index (Phi) is 7.76. The van der Waals surface area contributed by atoms with E-state index >= 15 is 0 Å². The number of pyridine rings is 1. The maximum Gasteiger partial charge on any atom is 0.435 e. The highest BCUT2D eigenvalue weighted by Gasteiger charge is 2.41. The van der Waals surface area contributed by atoms with Crippen LogP contribution in [0, 0.1) is 17.5 Å². The molecule has 7 nitrogen and oxygen atoms in total. The predicted octanol–water partition coefficient (Wildman–Crippen LogP) is 5.46. The molecule has 3 N–H and O–H groups in total. The van der Waals surface area contributed by atoms with E-state index in [0.29, 0.717) is 30.0 Å². The van der Waals surface area contributed by atoms with Gasteiger partial charge in [0, 0.05) is 29.6 Å². The Morgan fingerprint density at radius 3 is 2.40 bits per heavy atom. The number of amides is 2. The molecule has 1 atom stereocenters. The molecule has 2 aromatic carbocycles. The van der Waals surface area contributed by atoms with Crippen molar-refractivity contribution in [1.82, 2.24) is 20.1 Å². The maximum atomic E-state index is 14.2. The van der Waals surface area contributed by atoms with E-state index in [2.05, 4.69) is 15.4 Å². The molecule has 0 radical (unpaired) electrons. The van der Waals surface area contributed by atoms with Gasteiger partial charge in [0.15, 0.2) is 5.69 Å². The average molecular weight is 588 g/mol. The summed E-state index contributed by atoms with van der Waals surface area (Å²) in [5, 5.41) is 6.29. The molecule has 0 aliphatic heterocycles. The molecule has 0 bridgehead atoms. The van der Waals surface area contributed by atoms with Gasteiger partial charge in [-0.15, -0.1) is 0 Å². The molecule has 218 valence electrons. The van der Waals surface area contributed by atoms with E-state index in [-0.39, 0.29) is 34.7 Å². The average Bonchev–Trinajstić information content (AvgIpc) is 3.66. The van der Waals surface area contributed by atoms with E-state index in [1.165, 1.54) is 24.5 Å². The first-order valence-corrected chi connectivity index (χ1v) is 12.8. The van der Waals surface area contributed by atoms with Crippen LogP contribution in [0.5, 0.6) is 0 Å². The maximum absolute atomic E-state index is 14.2. The van der Waals surface area contributed by atoms with Gasteiger partial charge in [-0.25, -0.2) is 13.2 Å². The number of carbonyl (C=O) groups excluding carboxylic acids is 2. The number of aromatic nitrogens is 3. The number of hydrogen-bond donors (Lipinski definition) is 2. The summed E-state index contributed by atoms with van der Waals surface area (Å²) in [5.41, 5.74) is 4.88. The van der Waals surface area contributed by atoms with Gasteiger partial charge in [0.25, 0.3) is 5.91 Å². The molecule has 0 saturated heterocycles. The number of benzene rings is 2. The minimum absolute atomic E-state index is 0.0238. The van der Waals surface area contributed by atoms with Gasteiger partial charge in [0.1, 0.15) is 24.0 Å². The van der Waals surface area contributed by atoms with Gasteiger partial charge in [-0.05, 0) is 66.6 Å². The highest BCUT2D eigenvalue weighted by Crippen LogP contribution is 2.45. The quantitative estimate of drug-likeness (QED) is 0.254. The second kappa shape index (κ2) is 11.3. The number of nitrogens with two attached hydrogens (primary N) is 1. The zero-order chi connectivity index (χ0) is 30.2. The minimum atomic E-state index is -4.69. The monoisotopic (exact) mass is 587 g/mol. The van der Waals surface area contributed by atoms with Crippen LogP contribution in [0.2, 0.25) is 0 Å². The normalized spacial score (nSPS) is 14.0. The third-order valence-electron chi connectivity index (χ3n) is 6.79. The topological polar surface area (TPSA) is 103 Å². The van der Waals surface area contributed by atoms with Crippen molar-refractivity contribution >= 4 is 11.8 Å². The number of halogens is 6. The number of primary amides is 1. The zero-order valence-corrected chi connectivity index (χ0v) is 21.8. The number of nitrogens with one attached hydrogen (secondary N) is 1. The molecule has 1 unspecified atom stereocenters. The molecular formula is C29H23F6N5O2. The Morgan fingerprint density at radius 1 is 1.05 bits per heavy atom. The van der Waals surface area contributed by atoms with Gasteiger partial charge in [-0.3, -0.25) is 19.3 Å². The van der Waals surface area contributed by atoms with E-state index in [0.717, 1.165) is 22.9 Å². The molecule has 1 aliphatic rings. The first kappa shape index (κ1) is 28.8. The van der Waals surface area contributed by atoms with Crippen LogP contribution < -0.4 is 11.1 Å². The van der Waals surface area contributed by atoms with Crippen molar-refractivity contribution in [2.75, 3.05) is 0 Å². The van der Waals surface area contributed by atoms with Gasteiger partial charge >= 0.3 is 6.18 Å². The summed E-state index contributed by atoms with van der Waals surface area (Å²) in [6.07, 6.45) is -1.08. The molecule has 2 heterocycles. The van der Waals surface area contributed by atoms with Crippen molar-refractivity contribution < 1.29 is 35.9 Å². The van der Waals surface area contributed by atoms with Crippen molar-refractivity contribution in [2.24, 2.45) is 5.73 Å². The van der Waals surface area contributed by atoms with Crippen LogP contribution in [0.15, 0.2) is 60.9 Å². The molecule has 4 aromatic rings. The van der Waals surface area contributed by atoms with Crippen LogP contribution in [-0.2, 0) is 23.9 Å². The molecule has 0 spiro atoms. The Morgan fingerprint density at radius 2 is 1.76 bits per heavy atom. The van der Waals surface area contributed by atoms with Crippen LogP contribution >= 0.6 is 0 Å². The smallest absolute Gasteiger partial charge is 0.366 e. The van der Waals surface area contributed by atoms with Gasteiger partial charge in [-0.2, -0.15) is 18.3 Å². The summed E-state index contributed by atoms with van der Waals surface area (Å²) in [5.74, 6) is -4.59. The van der Waals surface area contributed by atoms with Crippen molar-refractivity contribution in [1.29, 1.82) is 0 Å². The summed E-state index contributed by atoms with van der Waals surface area (Å²) in [4.78, 5) is 29.3. The fraction of sp³-hybridized carbons (Fsp3) is 0.241. The molecular weight excluding hydrogens is 564 g/mol. The van der Waals surface area contributed by atoms with Crippen LogP contribution in [-0.4, -0.2) is 26.6 Å². The van der Waals surface area contributed by atoms with E-state index in [9.17, 15) is 35.9 Å². The third kappa shape index (κ3) is 6.45. The molecule has 1 aliphatic carbocycles. The number of hydrogen-bond acceptors (Lipinski definition) is 4. The fourth-order valence-electron chi connectivity index (χ4n) is 4.82. The van der Waals surface area contributed by atoms with E-state index in [1.54, 1.807) is 12.1 Å². The largest absolute Gasteiger partial charge is 0.435 e. The first-order chi connectivity index (χ1) is 19.9. The van der Waals surface area contributed by atoms with Crippen molar-refractivity contribution in [3.63, 3.8) is 0 Å². The number of carbonyl (C=O) groups is 2. The summed E-state index contributed by atoms with van der Waals surface area (Å²) >= 11 is 0. The molecule has 2 amide bonds. The van der Waals surface area contributed by atoms with E-state index in [4.69, 9.17) is 5.73 Å². The molecule has 13 heteroatoms. The summed E-state index contributed by atoms with van der Waals surface area (Å²) < 4.78 is 83.7. The zero-order valence-electron chi connectivity index (χ0n) is 21.8. The van der Waals surface area contributed by atoms with Gasteiger partial charge in [0.2, 0.25) is 5.91 Å². The van der Waals surface area contributed by atoms with Crippen molar-refractivity contribution in [3.05, 3.63) is 106 Å². The SMILES string of the molecule is NC(=O)c1cc(-c2cccnc2C(Cc2cc(F)cc(F)c2)NC(=O)Cn2cc(C3CC3)c(C(F)(F)F)n2)ccc1F. The summed E-state index contributed by atoms with van der Waals surface area (Å²) in [7, 11) is 0. The lowest BCUT2D eigenvalue weighted by Gasteiger charge is -2.22. The predicted molar refractivity (Wildman–Crippen MR) is 138 cm³/mol. The summed E-state index contributed by atoms with van der Waals surface area (Å²) in [6, 6.07) is 8.50. The highest BCUT2D eigenvalue weighted by atomic mass is 19.4. The molecule has 5 rings (SSSR count). The number of rotatable bonds is 9. The molecule has 1 saturated carbocycles. The van der Waals surface area contributed by atoms with Crippen molar-refractivity contribution in [2.45, 2.75) is 43.9 Å². The highest BCUT2D eigenvalue weighted by molar-refractivity contribution is 5.94. The van der Waals surface area contributed by atoms with Gasteiger partial charge < -0.3 is 11.1 Å². The lowest BCUT2D eigenvalue weighted by molar-refractivity contribution is -0.142. The Hall–Kier alpha value is -4.68. The lowest BCUT2D eigenvalue weighted by atomic mass is 9.94. The van der Waals surface area contributed by atoms with Gasteiger partial charge in [-0.1, -0.05) is 12.1 Å². The Bertz CT molecular complexity index is 1640.